The van der Waals surface area contributed by atoms with Crippen molar-refractivity contribution in [3.8, 4) is 0 Å². The van der Waals surface area contributed by atoms with E-state index in [0.717, 1.165) is 10.7 Å². The van der Waals surface area contributed by atoms with Crippen LogP contribution >= 0.6 is 20.2 Å². The van der Waals surface area contributed by atoms with Crippen LogP contribution in [0.15, 0.2) is 30.3 Å². The first-order valence-corrected chi connectivity index (χ1v) is 9.93. The first kappa shape index (κ1) is 10.1. The van der Waals surface area contributed by atoms with Crippen LogP contribution in [0.1, 0.15) is 0 Å². The maximum absolute atomic E-state index is 10.3. The van der Waals surface area contributed by atoms with Crippen LogP contribution in [0.4, 0.5) is 0 Å². The molecule has 1 nitrogen and oxygen atoms in total. The van der Waals surface area contributed by atoms with Gasteiger partial charge in [0.2, 0.25) is 0 Å². The molecule has 1 rings (SSSR count). The zero-order valence-corrected chi connectivity index (χ0v) is 9.47. The quantitative estimate of drug-likeness (QED) is 0.606. The SMILES string of the molecule is O=CC[Se](Cl)(Cl)c1ccccc1. The van der Waals surface area contributed by atoms with Gasteiger partial charge in [0.05, 0.1) is 0 Å². The van der Waals surface area contributed by atoms with Gasteiger partial charge in [-0.2, -0.15) is 0 Å². The van der Waals surface area contributed by atoms with Crippen molar-refractivity contribution in [2.45, 2.75) is 5.32 Å². The van der Waals surface area contributed by atoms with Crippen LogP contribution in [0.2, 0.25) is 5.32 Å². The van der Waals surface area contributed by atoms with E-state index in [0.29, 0.717) is 0 Å². The number of halogens is 2. The molecule has 0 aromatic heterocycles. The Morgan fingerprint density at radius 2 is 1.83 bits per heavy atom. The summed E-state index contributed by atoms with van der Waals surface area (Å²) < 4.78 is 0.907. The molecule has 0 heterocycles. The van der Waals surface area contributed by atoms with Crippen LogP contribution in [0.5, 0.6) is 0 Å². The number of carbonyl (C=O) groups is 1. The van der Waals surface area contributed by atoms with Gasteiger partial charge >= 0.3 is 82.4 Å². The van der Waals surface area contributed by atoms with E-state index < -0.39 is 11.0 Å². The standard InChI is InChI=1S/C8H8Cl2OSe/c9-12(10,7-6-11)8-4-2-1-3-5-8/h1-6H,7H2. The van der Waals surface area contributed by atoms with Gasteiger partial charge in [0.1, 0.15) is 0 Å². The van der Waals surface area contributed by atoms with Gasteiger partial charge in [-0.3, -0.25) is 0 Å². The Bertz CT molecular complexity index is 261. The first-order valence-electron chi connectivity index (χ1n) is 3.36. The van der Waals surface area contributed by atoms with Gasteiger partial charge in [-0.1, -0.05) is 0 Å². The molecule has 0 aliphatic heterocycles. The summed E-state index contributed by atoms with van der Waals surface area (Å²) in [6, 6.07) is 9.37. The van der Waals surface area contributed by atoms with Crippen LogP contribution in [-0.2, 0) is 4.79 Å². The summed E-state index contributed by atoms with van der Waals surface area (Å²) in [5.74, 6) is 0. The Morgan fingerprint density at radius 3 is 2.33 bits per heavy atom. The van der Waals surface area contributed by atoms with Crippen molar-refractivity contribution in [3.05, 3.63) is 30.3 Å². The Labute approximate surface area is 82.4 Å². The molecule has 0 spiro atoms. The van der Waals surface area contributed by atoms with Crippen molar-refractivity contribution in [2.75, 3.05) is 0 Å². The van der Waals surface area contributed by atoms with Crippen LogP contribution in [0.25, 0.3) is 0 Å². The second kappa shape index (κ2) is 4.29. The molecule has 0 fully saturated rings. The molecule has 1 aromatic rings. The Hall–Kier alpha value is -0.0105. The summed E-state index contributed by atoms with van der Waals surface area (Å²) in [5.41, 5.74) is 0. The fourth-order valence-corrected chi connectivity index (χ4v) is 4.33. The van der Waals surface area contributed by atoms with Gasteiger partial charge in [-0.15, -0.1) is 0 Å². The number of aldehydes is 1. The molecule has 4 heteroatoms. The van der Waals surface area contributed by atoms with E-state index in [1.165, 1.54) is 0 Å². The number of carbonyl (C=O) groups excluding carboxylic acids is 1. The maximum atomic E-state index is 10.3. The molecule has 0 radical (unpaired) electrons. The van der Waals surface area contributed by atoms with Crippen molar-refractivity contribution in [1.29, 1.82) is 0 Å². The molecule has 0 bridgehead atoms. The molecule has 0 aliphatic carbocycles. The van der Waals surface area contributed by atoms with E-state index in [1.54, 1.807) is 0 Å². The molecule has 0 aliphatic rings. The number of hydrogen-bond donors (Lipinski definition) is 0. The molecule has 0 atom stereocenters. The van der Waals surface area contributed by atoms with Gasteiger partial charge < -0.3 is 0 Å². The molecule has 0 N–H and O–H groups in total. The van der Waals surface area contributed by atoms with Gasteiger partial charge in [0, 0.05) is 0 Å². The van der Waals surface area contributed by atoms with Gasteiger partial charge in [0.15, 0.2) is 0 Å². The second-order valence-corrected chi connectivity index (χ2v) is 12.6. The third kappa shape index (κ3) is 2.49. The number of rotatable bonds is 3. The number of benzene rings is 1. The first-order chi connectivity index (χ1) is 5.67. The van der Waals surface area contributed by atoms with Crippen LogP contribution < -0.4 is 4.46 Å². The molecule has 0 unspecified atom stereocenters. The van der Waals surface area contributed by atoms with Gasteiger partial charge in [0.25, 0.3) is 0 Å². The third-order valence-corrected chi connectivity index (χ3v) is 7.71. The normalized spacial score (nSPS) is 12.5. The molecule has 1 aromatic carbocycles. The average Bonchev–Trinajstić information content (AvgIpc) is 2.06. The van der Waals surface area contributed by atoms with Crippen molar-refractivity contribution >= 4 is 42.0 Å². The summed E-state index contributed by atoms with van der Waals surface area (Å²) in [5, 5.41) is 0.267. The fraction of sp³-hybridized carbons (Fsp3) is 0.125. The van der Waals surface area contributed by atoms with Crippen LogP contribution in [0, 0.1) is 0 Å². The average molecular weight is 270 g/mol. The van der Waals surface area contributed by atoms with Crippen molar-refractivity contribution in [1.82, 2.24) is 0 Å². The minimum atomic E-state index is -2.68. The molecular formula is C8H8Cl2OSe. The van der Waals surface area contributed by atoms with Crippen molar-refractivity contribution < 1.29 is 4.79 Å². The summed E-state index contributed by atoms with van der Waals surface area (Å²) >= 11 is -2.68. The Balaban J connectivity index is 2.89. The second-order valence-electron chi connectivity index (χ2n) is 2.22. The van der Waals surface area contributed by atoms with Gasteiger partial charge in [-0.25, -0.2) is 0 Å². The van der Waals surface area contributed by atoms with Crippen LogP contribution in [-0.4, -0.2) is 17.3 Å². The predicted molar refractivity (Wildman–Crippen MR) is 54.4 cm³/mol. The summed E-state index contributed by atoms with van der Waals surface area (Å²) in [6.45, 7) is 0. The summed E-state index contributed by atoms with van der Waals surface area (Å²) in [7, 11) is 12.1. The van der Waals surface area contributed by atoms with E-state index in [2.05, 4.69) is 0 Å². The molecule has 0 saturated carbocycles. The molecule has 12 heavy (non-hydrogen) atoms. The monoisotopic (exact) mass is 270 g/mol. The zero-order valence-electron chi connectivity index (χ0n) is 6.24. The van der Waals surface area contributed by atoms with Gasteiger partial charge in [-0.05, 0) is 0 Å². The van der Waals surface area contributed by atoms with E-state index in [1.807, 2.05) is 30.3 Å². The minimum absolute atomic E-state index is 0.267. The van der Waals surface area contributed by atoms with Crippen molar-refractivity contribution in [3.63, 3.8) is 0 Å². The molecule has 0 amide bonds. The Kier molecular flexibility index (Phi) is 3.60. The number of hydrogen-bond acceptors (Lipinski definition) is 1. The zero-order chi connectivity index (χ0) is 9.03. The topological polar surface area (TPSA) is 17.1 Å². The van der Waals surface area contributed by atoms with Crippen molar-refractivity contribution in [2.24, 2.45) is 0 Å². The molecule has 66 valence electrons. The molecular weight excluding hydrogens is 262 g/mol. The Morgan fingerprint density at radius 1 is 1.25 bits per heavy atom. The van der Waals surface area contributed by atoms with E-state index in [4.69, 9.17) is 20.2 Å². The van der Waals surface area contributed by atoms with Crippen LogP contribution in [0.3, 0.4) is 0 Å². The van der Waals surface area contributed by atoms with E-state index in [9.17, 15) is 4.79 Å². The fourth-order valence-electron chi connectivity index (χ4n) is 0.801. The molecule has 0 saturated heterocycles. The summed E-state index contributed by atoms with van der Waals surface area (Å²) in [4.78, 5) is 10.3. The summed E-state index contributed by atoms with van der Waals surface area (Å²) in [6.07, 6.45) is 0.785. The predicted octanol–water partition coefficient (Wildman–Crippen LogP) is 2.01. The van der Waals surface area contributed by atoms with E-state index >= 15 is 0 Å². The van der Waals surface area contributed by atoms with E-state index in [-0.39, 0.29) is 5.32 Å². The third-order valence-electron chi connectivity index (χ3n) is 1.37.